The third-order valence-electron chi connectivity index (χ3n) is 6.91. The topological polar surface area (TPSA) is 94.6 Å². The van der Waals surface area contributed by atoms with Gasteiger partial charge in [-0.05, 0) is 80.1 Å². The number of fused-ring (bicyclic) bond motifs is 2. The highest BCUT2D eigenvalue weighted by Crippen LogP contribution is 2.31. The SMILES string of the molecule is Cc1cc(Nc2cnc3[nH]c(-c4ccc(Nc5ccnc6ccc(N7CCC7)cc56)cc4)nc3c2)ccn1. The number of benzene rings is 2. The molecular formula is C30H26N8. The zero-order valence-corrected chi connectivity index (χ0v) is 20.9. The molecule has 0 amide bonds. The zero-order valence-electron chi connectivity index (χ0n) is 20.9. The predicted molar refractivity (Wildman–Crippen MR) is 153 cm³/mol. The second kappa shape index (κ2) is 9.15. The largest absolute Gasteiger partial charge is 0.371 e. The van der Waals surface area contributed by atoms with Gasteiger partial charge in [-0.1, -0.05) is 0 Å². The highest BCUT2D eigenvalue weighted by molar-refractivity contribution is 5.95. The molecule has 0 radical (unpaired) electrons. The molecule has 2 aromatic carbocycles. The van der Waals surface area contributed by atoms with Crippen molar-refractivity contribution in [3.8, 4) is 11.4 Å². The fourth-order valence-corrected chi connectivity index (χ4v) is 4.77. The molecule has 1 fully saturated rings. The normalized spacial score (nSPS) is 13.0. The first-order valence-corrected chi connectivity index (χ1v) is 12.7. The first-order valence-electron chi connectivity index (χ1n) is 12.7. The van der Waals surface area contributed by atoms with Gasteiger partial charge in [-0.25, -0.2) is 9.97 Å². The van der Waals surface area contributed by atoms with Gasteiger partial charge in [0.15, 0.2) is 5.65 Å². The Kier molecular flexibility index (Phi) is 5.36. The Balaban J connectivity index is 1.12. The summed E-state index contributed by atoms with van der Waals surface area (Å²) >= 11 is 0. The number of H-pyrrole nitrogens is 1. The Labute approximate surface area is 219 Å². The standard InChI is InChI=1S/C30H26N8/c1-19-15-22(9-11-31-19)34-23-16-28-30(33-18-23)37-29(36-28)20-3-5-21(6-4-20)35-27-10-12-32-26-8-7-24(17-25(26)27)38-13-2-14-38/h3-12,15-18H,2,13-14H2,1H3,(H,31,34)(H,32,35)(H,33,36,37). The molecule has 38 heavy (non-hydrogen) atoms. The third-order valence-corrected chi connectivity index (χ3v) is 6.91. The Morgan fingerprint density at radius 2 is 1.63 bits per heavy atom. The van der Waals surface area contributed by atoms with E-state index in [2.05, 4.69) is 77.9 Å². The molecule has 0 unspecified atom stereocenters. The third kappa shape index (κ3) is 4.26. The number of anilines is 5. The monoisotopic (exact) mass is 498 g/mol. The molecule has 1 saturated heterocycles. The van der Waals surface area contributed by atoms with E-state index in [1.165, 1.54) is 12.1 Å². The molecule has 0 bridgehead atoms. The van der Waals surface area contributed by atoms with Crippen LogP contribution in [0.1, 0.15) is 12.1 Å². The maximum atomic E-state index is 4.79. The molecule has 4 aromatic heterocycles. The van der Waals surface area contributed by atoms with Crippen molar-refractivity contribution in [2.24, 2.45) is 0 Å². The first kappa shape index (κ1) is 22.2. The van der Waals surface area contributed by atoms with Crippen molar-refractivity contribution in [2.45, 2.75) is 13.3 Å². The smallest absolute Gasteiger partial charge is 0.157 e. The molecule has 0 atom stereocenters. The Morgan fingerprint density at radius 1 is 0.763 bits per heavy atom. The lowest BCUT2D eigenvalue weighted by atomic mass is 10.1. The summed E-state index contributed by atoms with van der Waals surface area (Å²) in [5, 5.41) is 8.07. The number of aromatic nitrogens is 5. The molecule has 1 aliphatic rings. The fourth-order valence-electron chi connectivity index (χ4n) is 4.77. The lowest BCUT2D eigenvalue weighted by Crippen LogP contribution is -2.36. The van der Waals surface area contributed by atoms with Gasteiger partial charge in [0.2, 0.25) is 0 Å². The summed E-state index contributed by atoms with van der Waals surface area (Å²) in [6, 6.07) is 22.7. The number of pyridine rings is 3. The van der Waals surface area contributed by atoms with E-state index >= 15 is 0 Å². The van der Waals surface area contributed by atoms with E-state index in [0.29, 0.717) is 0 Å². The second-order valence-electron chi connectivity index (χ2n) is 9.59. The number of nitrogens with zero attached hydrogens (tertiary/aromatic N) is 5. The highest BCUT2D eigenvalue weighted by atomic mass is 15.2. The molecule has 7 rings (SSSR count). The van der Waals surface area contributed by atoms with Gasteiger partial charge in [-0.15, -0.1) is 0 Å². The van der Waals surface area contributed by atoms with Crippen molar-refractivity contribution >= 4 is 50.5 Å². The molecule has 8 heteroatoms. The quantitative estimate of drug-likeness (QED) is 0.239. The van der Waals surface area contributed by atoms with Gasteiger partial charge in [0.25, 0.3) is 0 Å². The molecule has 5 heterocycles. The number of hydrogen-bond donors (Lipinski definition) is 3. The Bertz CT molecular complexity index is 1770. The van der Waals surface area contributed by atoms with E-state index < -0.39 is 0 Å². The van der Waals surface area contributed by atoms with Gasteiger partial charge in [0.1, 0.15) is 11.3 Å². The first-order chi connectivity index (χ1) is 18.7. The highest BCUT2D eigenvalue weighted by Gasteiger charge is 2.15. The number of rotatable bonds is 6. The number of imidazole rings is 1. The molecule has 186 valence electrons. The fraction of sp³-hybridized carbons (Fsp3) is 0.133. The summed E-state index contributed by atoms with van der Waals surface area (Å²) in [6.45, 7) is 4.21. The zero-order chi connectivity index (χ0) is 25.5. The van der Waals surface area contributed by atoms with E-state index in [4.69, 9.17) is 4.98 Å². The van der Waals surface area contributed by atoms with Crippen LogP contribution in [-0.2, 0) is 0 Å². The maximum absolute atomic E-state index is 4.79. The van der Waals surface area contributed by atoms with Crippen molar-refractivity contribution < 1.29 is 0 Å². The molecule has 8 nitrogen and oxygen atoms in total. The summed E-state index contributed by atoms with van der Waals surface area (Å²) < 4.78 is 0. The van der Waals surface area contributed by atoms with Crippen molar-refractivity contribution in [3.05, 3.63) is 91.0 Å². The minimum Gasteiger partial charge on any atom is -0.371 e. The lowest BCUT2D eigenvalue weighted by molar-refractivity contribution is 0.618. The van der Waals surface area contributed by atoms with Crippen LogP contribution < -0.4 is 15.5 Å². The maximum Gasteiger partial charge on any atom is 0.157 e. The summed E-state index contributed by atoms with van der Waals surface area (Å²) in [6.07, 6.45) is 6.70. The predicted octanol–water partition coefficient (Wildman–Crippen LogP) is 6.57. The molecule has 3 N–H and O–H groups in total. The van der Waals surface area contributed by atoms with Crippen molar-refractivity contribution in [2.75, 3.05) is 28.6 Å². The van der Waals surface area contributed by atoms with Gasteiger partial charge in [-0.2, -0.15) is 0 Å². The molecular weight excluding hydrogens is 472 g/mol. The summed E-state index contributed by atoms with van der Waals surface area (Å²) in [7, 11) is 0. The number of aryl methyl sites for hydroxylation is 1. The van der Waals surface area contributed by atoms with Gasteiger partial charge in [0.05, 0.1) is 17.4 Å². The molecule has 1 aliphatic heterocycles. The minimum atomic E-state index is 0.750. The molecule has 0 spiro atoms. The van der Waals surface area contributed by atoms with Crippen LogP contribution in [0.25, 0.3) is 33.5 Å². The second-order valence-corrected chi connectivity index (χ2v) is 9.59. The van der Waals surface area contributed by atoms with E-state index in [1.54, 1.807) is 12.4 Å². The van der Waals surface area contributed by atoms with Gasteiger partial charge in [0, 0.05) is 64.9 Å². The van der Waals surface area contributed by atoms with Crippen LogP contribution in [0.4, 0.5) is 28.4 Å². The molecule has 0 aliphatic carbocycles. The summed E-state index contributed by atoms with van der Waals surface area (Å²) in [5.41, 5.74) is 9.64. The van der Waals surface area contributed by atoms with Crippen molar-refractivity contribution in [1.29, 1.82) is 0 Å². The van der Waals surface area contributed by atoms with Crippen LogP contribution in [0.15, 0.2) is 85.3 Å². The average molecular weight is 499 g/mol. The number of nitrogens with one attached hydrogen (secondary N) is 3. The van der Waals surface area contributed by atoms with Crippen LogP contribution in [0.2, 0.25) is 0 Å². The summed E-state index contributed by atoms with van der Waals surface area (Å²) in [4.78, 5) is 23.9. The number of hydrogen-bond acceptors (Lipinski definition) is 7. The van der Waals surface area contributed by atoms with E-state index in [9.17, 15) is 0 Å². The number of aromatic amines is 1. The lowest BCUT2D eigenvalue weighted by Gasteiger charge is -2.33. The van der Waals surface area contributed by atoms with Gasteiger partial charge in [-0.3, -0.25) is 9.97 Å². The van der Waals surface area contributed by atoms with Crippen molar-refractivity contribution in [3.63, 3.8) is 0 Å². The van der Waals surface area contributed by atoms with Crippen LogP contribution in [0.5, 0.6) is 0 Å². The van der Waals surface area contributed by atoms with E-state index in [0.717, 1.165) is 75.0 Å². The van der Waals surface area contributed by atoms with E-state index in [1.807, 2.05) is 37.4 Å². The Hall–Kier alpha value is -4.98. The van der Waals surface area contributed by atoms with E-state index in [-0.39, 0.29) is 0 Å². The van der Waals surface area contributed by atoms with Crippen LogP contribution in [0.3, 0.4) is 0 Å². The summed E-state index contributed by atoms with van der Waals surface area (Å²) in [5.74, 6) is 0.782. The van der Waals surface area contributed by atoms with Crippen LogP contribution >= 0.6 is 0 Å². The van der Waals surface area contributed by atoms with Crippen molar-refractivity contribution in [1.82, 2.24) is 24.9 Å². The van der Waals surface area contributed by atoms with Gasteiger partial charge < -0.3 is 20.5 Å². The minimum absolute atomic E-state index is 0.750. The molecule has 0 saturated carbocycles. The van der Waals surface area contributed by atoms with Gasteiger partial charge >= 0.3 is 0 Å². The Morgan fingerprint density at radius 3 is 2.45 bits per heavy atom. The average Bonchev–Trinajstić information content (AvgIpc) is 3.32. The molecule has 6 aromatic rings. The van der Waals surface area contributed by atoms with Crippen LogP contribution in [-0.4, -0.2) is 38.0 Å². The van der Waals surface area contributed by atoms with Crippen LogP contribution in [0, 0.1) is 6.92 Å².